The van der Waals surface area contributed by atoms with Crippen LogP contribution in [0.25, 0.3) is 11.3 Å². The van der Waals surface area contributed by atoms with Gasteiger partial charge in [0.05, 0.1) is 5.69 Å². The average molecular weight is 282 g/mol. The van der Waals surface area contributed by atoms with Crippen molar-refractivity contribution in [3.8, 4) is 11.3 Å². The third kappa shape index (κ3) is 2.62. The minimum absolute atomic E-state index is 0.740. The lowest BCUT2D eigenvalue weighted by molar-refractivity contribution is 1.31. The number of hydrogen-bond donors (Lipinski definition) is 2. The lowest BCUT2D eigenvalue weighted by atomic mass is 10.2. The molecule has 2 heterocycles. The topological polar surface area (TPSA) is 63.8 Å². The standard InChI is InChI=1S/C15H14N4S/c1-10-2-3-12(16)8-13(10)18-15-19-14(9-20-15)11-4-6-17-7-5-11/h2-9H,16H2,1H3,(H,18,19). The van der Waals surface area contributed by atoms with Crippen LogP contribution >= 0.6 is 11.3 Å². The van der Waals surface area contributed by atoms with Crippen molar-refractivity contribution in [3.63, 3.8) is 0 Å². The number of hydrogen-bond acceptors (Lipinski definition) is 5. The molecule has 0 fully saturated rings. The summed E-state index contributed by atoms with van der Waals surface area (Å²) in [4.78, 5) is 8.60. The molecule has 0 aliphatic heterocycles. The number of benzene rings is 1. The van der Waals surface area contributed by atoms with Gasteiger partial charge in [0.1, 0.15) is 0 Å². The van der Waals surface area contributed by atoms with Crippen molar-refractivity contribution in [1.82, 2.24) is 9.97 Å². The molecule has 0 saturated heterocycles. The van der Waals surface area contributed by atoms with Crippen LogP contribution in [-0.2, 0) is 0 Å². The lowest BCUT2D eigenvalue weighted by Crippen LogP contribution is -1.94. The molecule has 3 N–H and O–H groups in total. The first-order valence-corrected chi connectivity index (χ1v) is 7.09. The van der Waals surface area contributed by atoms with E-state index in [1.807, 2.05) is 42.6 Å². The maximum Gasteiger partial charge on any atom is 0.187 e. The summed E-state index contributed by atoms with van der Waals surface area (Å²) in [5, 5.41) is 6.19. The third-order valence-electron chi connectivity index (χ3n) is 2.98. The van der Waals surface area contributed by atoms with Crippen LogP contribution in [-0.4, -0.2) is 9.97 Å². The highest BCUT2D eigenvalue weighted by atomic mass is 32.1. The zero-order valence-electron chi connectivity index (χ0n) is 11.0. The van der Waals surface area contributed by atoms with Crippen molar-refractivity contribution in [1.29, 1.82) is 0 Å². The first-order chi connectivity index (χ1) is 9.72. The molecule has 0 bridgehead atoms. The minimum Gasteiger partial charge on any atom is -0.399 e. The first-order valence-electron chi connectivity index (χ1n) is 6.21. The Kier molecular flexibility index (Phi) is 3.35. The molecule has 0 saturated carbocycles. The summed E-state index contributed by atoms with van der Waals surface area (Å²) in [6, 6.07) is 9.71. The molecule has 4 nitrogen and oxygen atoms in total. The van der Waals surface area contributed by atoms with E-state index in [2.05, 4.69) is 15.3 Å². The molecule has 2 aromatic heterocycles. The van der Waals surface area contributed by atoms with Crippen molar-refractivity contribution in [2.24, 2.45) is 0 Å². The smallest absolute Gasteiger partial charge is 0.187 e. The van der Waals surface area contributed by atoms with Crippen LogP contribution < -0.4 is 11.1 Å². The van der Waals surface area contributed by atoms with Crippen LogP contribution in [0.1, 0.15) is 5.56 Å². The Morgan fingerprint density at radius 2 is 1.95 bits per heavy atom. The number of anilines is 3. The van der Waals surface area contributed by atoms with Gasteiger partial charge >= 0.3 is 0 Å². The number of pyridine rings is 1. The van der Waals surface area contributed by atoms with Crippen molar-refractivity contribution in [2.75, 3.05) is 11.1 Å². The number of aryl methyl sites for hydroxylation is 1. The van der Waals surface area contributed by atoms with Crippen molar-refractivity contribution < 1.29 is 0 Å². The van der Waals surface area contributed by atoms with Gasteiger partial charge in [-0.1, -0.05) is 6.07 Å². The lowest BCUT2D eigenvalue weighted by Gasteiger charge is -2.07. The van der Waals surface area contributed by atoms with Crippen LogP contribution in [0.5, 0.6) is 0 Å². The summed E-state index contributed by atoms with van der Waals surface area (Å²) >= 11 is 1.57. The number of nitrogens with one attached hydrogen (secondary N) is 1. The van der Waals surface area contributed by atoms with Gasteiger partial charge in [-0.15, -0.1) is 11.3 Å². The second-order valence-electron chi connectivity index (χ2n) is 4.47. The minimum atomic E-state index is 0.740. The number of nitrogens with two attached hydrogens (primary N) is 1. The van der Waals surface area contributed by atoms with E-state index < -0.39 is 0 Å². The largest absolute Gasteiger partial charge is 0.399 e. The highest BCUT2D eigenvalue weighted by Gasteiger charge is 2.06. The van der Waals surface area contributed by atoms with Gasteiger partial charge in [0, 0.05) is 34.7 Å². The predicted molar refractivity (Wildman–Crippen MR) is 84.2 cm³/mol. The highest BCUT2D eigenvalue weighted by Crippen LogP contribution is 2.28. The highest BCUT2D eigenvalue weighted by molar-refractivity contribution is 7.14. The number of rotatable bonds is 3. The van der Waals surface area contributed by atoms with Crippen LogP contribution in [0, 0.1) is 6.92 Å². The van der Waals surface area contributed by atoms with Crippen LogP contribution in [0.2, 0.25) is 0 Å². The van der Waals surface area contributed by atoms with Gasteiger partial charge in [0.15, 0.2) is 5.13 Å². The SMILES string of the molecule is Cc1ccc(N)cc1Nc1nc(-c2ccncc2)cs1. The number of nitrogen functional groups attached to an aromatic ring is 1. The summed E-state index contributed by atoms with van der Waals surface area (Å²) in [7, 11) is 0. The molecular weight excluding hydrogens is 268 g/mol. The summed E-state index contributed by atoms with van der Waals surface area (Å²) in [6.45, 7) is 2.04. The van der Waals surface area contributed by atoms with E-state index >= 15 is 0 Å². The Morgan fingerprint density at radius 1 is 1.15 bits per heavy atom. The molecule has 0 amide bonds. The van der Waals surface area contributed by atoms with E-state index in [1.165, 1.54) is 0 Å². The fraction of sp³-hybridized carbons (Fsp3) is 0.0667. The van der Waals surface area contributed by atoms with Gasteiger partial charge < -0.3 is 11.1 Å². The fourth-order valence-corrected chi connectivity index (χ4v) is 2.61. The Balaban J connectivity index is 1.86. The van der Waals surface area contributed by atoms with Crippen LogP contribution in [0.4, 0.5) is 16.5 Å². The molecule has 0 unspecified atom stereocenters. The number of aromatic nitrogens is 2. The van der Waals surface area contributed by atoms with E-state index in [9.17, 15) is 0 Å². The van der Waals surface area contributed by atoms with Gasteiger partial charge in [0.2, 0.25) is 0 Å². The third-order valence-corrected chi connectivity index (χ3v) is 3.74. The van der Waals surface area contributed by atoms with E-state index in [-0.39, 0.29) is 0 Å². The molecule has 0 spiro atoms. The molecular formula is C15H14N4S. The summed E-state index contributed by atoms with van der Waals surface area (Å²) < 4.78 is 0. The molecule has 5 heteroatoms. The van der Waals surface area contributed by atoms with Gasteiger partial charge in [-0.25, -0.2) is 4.98 Å². The van der Waals surface area contributed by atoms with E-state index in [0.717, 1.165) is 33.3 Å². The van der Waals surface area contributed by atoms with Crippen LogP contribution in [0.15, 0.2) is 48.1 Å². The number of thiazole rings is 1. The second-order valence-corrected chi connectivity index (χ2v) is 5.33. The summed E-state index contributed by atoms with van der Waals surface area (Å²) in [5.74, 6) is 0. The predicted octanol–water partition coefficient (Wildman–Crippen LogP) is 3.84. The molecule has 0 atom stereocenters. The Labute approximate surface area is 121 Å². The maximum atomic E-state index is 5.81. The summed E-state index contributed by atoms with van der Waals surface area (Å²) in [5.41, 5.74) is 10.7. The van der Waals surface area contributed by atoms with E-state index in [1.54, 1.807) is 23.7 Å². The molecule has 0 radical (unpaired) electrons. The molecule has 0 aliphatic carbocycles. The van der Waals surface area contributed by atoms with Crippen molar-refractivity contribution >= 4 is 27.8 Å². The zero-order valence-corrected chi connectivity index (χ0v) is 11.8. The Morgan fingerprint density at radius 3 is 2.75 bits per heavy atom. The summed E-state index contributed by atoms with van der Waals surface area (Å²) in [6.07, 6.45) is 3.54. The molecule has 100 valence electrons. The quantitative estimate of drug-likeness (QED) is 0.716. The first kappa shape index (κ1) is 12.6. The molecule has 3 rings (SSSR count). The monoisotopic (exact) mass is 282 g/mol. The fourth-order valence-electron chi connectivity index (χ4n) is 1.88. The van der Waals surface area contributed by atoms with Crippen LogP contribution in [0.3, 0.4) is 0 Å². The number of nitrogens with zero attached hydrogens (tertiary/aromatic N) is 2. The van der Waals surface area contributed by atoms with Crippen molar-refractivity contribution in [2.45, 2.75) is 6.92 Å². The molecule has 3 aromatic rings. The normalized spacial score (nSPS) is 10.4. The molecule has 20 heavy (non-hydrogen) atoms. The van der Waals surface area contributed by atoms with Gasteiger partial charge in [-0.05, 0) is 36.8 Å². The second kappa shape index (κ2) is 5.30. The van der Waals surface area contributed by atoms with Crippen molar-refractivity contribution in [3.05, 3.63) is 53.7 Å². The van der Waals surface area contributed by atoms with Gasteiger partial charge in [-0.3, -0.25) is 4.98 Å². The zero-order chi connectivity index (χ0) is 13.9. The Bertz CT molecular complexity index is 722. The Hall–Kier alpha value is -2.40. The molecule has 1 aromatic carbocycles. The average Bonchev–Trinajstić information content (AvgIpc) is 2.92. The van der Waals surface area contributed by atoms with Gasteiger partial charge in [0.25, 0.3) is 0 Å². The maximum absolute atomic E-state index is 5.81. The van der Waals surface area contributed by atoms with E-state index in [4.69, 9.17) is 5.73 Å². The van der Waals surface area contributed by atoms with E-state index in [0.29, 0.717) is 0 Å². The van der Waals surface area contributed by atoms with Gasteiger partial charge in [-0.2, -0.15) is 0 Å². The molecule has 0 aliphatic rings.